The molecule has 0 aromatic rings. The molecule has 0 radical (unpaired) electrons. The predicted molar refractivity (Wildman–Crippen MR) is 69.5 cm³/mol. The van der Waals surface area contributed by atoms with Gasteiger partial charge in [-0.25, -0.2) is 9.80 Å². The van der Waals surface area contributed by atoms with Crippen molar-refractivity contribution >= 4 is 12.0 Å². The summed E-state index contributed by atoms with van der Waals surface area (Å²) >= 11 is 0. The van der Waals surface area contributed by atoms with Gasteiger partial charge in [0.15, 0.2) is 0 Å². The van der Waals surface area contributed by atoms with Crippen molar-refractivity contribution in [3.8, 4) is 0 Å². The van der Waals surface area contributed by atoms with Crippen molar-refractivity contribution in [3.05, 3.63) is 0 Å². The molecular formula is C12H22N4O3. The third-order valence-electron chi connectivity index (χ3n) is 3.81. The first kappa shape index (κ1) is 14.1. The standard InChI is InChI=1S/C12H22N4O3/c1-14-5-7-16(8-6-14)13-12(19)15-4-2-3-10(9-15)11(17)18/h10H,2-9H2,1H3,(H,13,19)(H,17,18)/t10-/m0/s1. The molecule has 7 heteroatoms. The number of carboxylic acids is 1. The van der Waals surface area contributed by atoms with Crippen molar-refractivity contribution in [2.24, 2.45) is 5.92 Å². The minimum Gasteiger partial charge on any atom is -0.481 e. The van der Waals surface area contributed by atoms with Crippen LogP contribution >= 0.6 is 0 Å². The molecule has 0 saturated carbocycles. The Morgan fingerprint density at radius 1 is 1.16 bits per heavy atom. The zero-order valence-electron chi connectivity index (χ0n) is 11.3. The van der Waals surface area contributed by atoms with E-state index in [-0.39, 0.29) is 6.03 Å². The largest absolute Gasteiger partial charge is 0.481 e. The summed E-state index contributed by atoms with van der Waals surface area (Å²) < 4.78 is 0. The monoisotopic (exact) mass is 270 g/mol. The highest BCUT2D eigenvalue weighted by atomic mass is 16.4. The summed E-state index contributed by atoms with van der Waals surface area (Å²) in [5.41, 5.74) is 2.87. The van der Waals surface area contributed by atoms with E-state index in [1.165, 1.54) is 0 Å². The van der Waals surface area contributed by atoms with Crippen molar-refractivity contribution in [2.75, 3.05) is 46.3 Å². The molecule has 2 aliphatic heterocycles. The molecule has 0 aromatic carbocycles. The van der Waals surface area contributed by atoms with E-state index >= 15 is 0 Å². The number of carbonyl (C=O) groups is 2. The van der Waals surface area contributed by atoms with Gasteiger partial charge in [-0.3, -0.25) is 10.2 Å². The number of hydrogen-bond acceptors (Lipinski definition) is 4. The maximum Gasteiger partial charge on any atom is 0.331 e. The highest BCUT2D eigenvalue weighted by Gasteiger charge is 2.29. The summed E-state index contributed by atoms with van der Waals surface area (Å²) in [6, 6.07) is -0.171. The number of amides is 2. The number of likely N-dealkylation sites (tertiary alicyclic amines) is 1. The fourth-order valence-corrected chi connectivity index (χ4v) is 2.49. The van der Waals surface area contributed by atoms with Crippen molar-refractivity contribution in [2.45, 2.75) is 12.8 Å². The summed E-state index contributed by atoms with van der Waals surface area (Å²) in [6.45, 7) is 4.42. The third-order valence-corrected chi connectivity index (χ3v) is 3.81. The molecule has 1 atom stereocenters. The van der Waals surface area contributed by atoms with Crippen LogP contribution in [0, 0.1) is 5.92 Å². The van der Waals surface area contributed by atoms with E-state index in [1.807, 2.05) is 5.01 Å². The Balaban J connectivity index is 1.80. The number of likely N-dealkylation sites (N-methyl/N-ethyl adjacent to an activating group) is 1. The molecule has 0 aromatic heterocycles. The molecule has 0 spiro atoms. The van der Waals surface area contributed by atoms with Gasteiger partial charge in [0.25, 0.3) is 0 Å². The second-order valence-electron chi connectivity index (χ2n) is 5.33. The maximum absolute atomic E-state index is 12.1. The maximum atomic E-state index is 12.1. The fraction of sp³-hybridized carbons (Fsp3) is 0.833. The van der Waals surface area contributed by atoms with Gasteiger partial charge in [-0.2, -0.15) is 0 Å². The lowest BCUT2D eigenvalue weighted by molar-refractivity contribution is -0.143. The zero-order chi connectivity index (χ0) is 13.8. The Morgan fingerprint density at radius 2 is 1.84 bits per heavy atom. The van der Waals surface area contributed by atoms with Gasteiger partial charge in [-0.15, -0.1) is 0 Å². The average molecular weight is 270 g/mol. The normalized spacial score (nSPS) is 26.2. The highest BCUT2D eigenvalue weighted by molar-refractivity contribution is 5.76. The molecule has 2 saturated heterocycles. The zero-order valence-corrected chi connectivity index (χ0v) is 11.3. The number of carbonyl (C=O) groups excluding carboxylic acids is 1. The minimum absolute atomic E-state index is 0.171. The van der Waals surface area contributed by atoms with Crippen LogP contribution < -0.4 is 5.43 Å². The molecule has 2 rings (SSSR count). The minimum atomic E-state index is -0.808. The molecule has 2 amide bonds. The molecule has 0 aliphatic carbocycles. The first-order valence-electron chi connectivity index (χ1n) is 6.78. The first-order valence-corrected chi connectivity index (χ1v) is 6.78. The molecule has 2 N–H and O–H groups in total. The number of urea groups is 1. The first-order chi connectivity index (χ1) is 9.06. The Kier molecular flexibility index (Phi) is 4.60. The van der Waals surface area contributed by atoms with E-state index in [2.05, 4.69) is 17.4 Å². The highest BCUT2D eigenvalue weighted by Crippen LogP contribution is 2.16. The van der Waals surface area contributed by atoms with Gasteiger partial charge in [-0.05, 0) is 19.9 Å². The summed E-state index contributed by atoms with van der Waals surface area (Å²) in [4.78, 5) is 26.9. The number of hydrazine groups is 1. The van der Waals surface area contributed by atoms with E-state index in [1.54, 1.807) is 4.90 Å². The number of aliphatic carboxylic acids is 1. The number of nitrogens with one attached hydrogen (secondary N) is 1. The van der Waals surface area contributed by atoms with Crippen molar-refractivity contribution in [3.63, 3.8) is 0 Å². The van der Waals surface area contributed by atoms with E-state index in [9.17, 15) is 9.59 Å². The van der Waals surface area contributed by atoms with Gasteiger partial charge in [0.1, 0.15) is 0 Å². The molecule has 108 valence electrons. The Morgan fingerprint density at radius 3 is 2.47 bits per heavy atom. The molecule has 0 bridgehead atoms. The summed E-state index contributed by atoms with van der Waals surface area (Å²) in [5, 5.41) is 10.9. The number of carboxylic acid groups (broad SMARTS) is 1. The number of hydrogen-bond donors (Lipinski definition) is 2. The molecule has 2 fully saturated rings. The van der Waals surface area contributed by atoms with Crippen molar-refractivity contribution in [1.29, 1.82) is 0 Å². The fourth-order valence-electron chi connectivity index (χ4n) is 2.49. The average Bonchev–Trinajstić information content (AvgIpc) is 2.41. The van der Waals surface area contributed by atoms with E-state index < -0.39 is 11.9 Å². The summed E-state index contributed by atoms with van der Waals surface area (Å²) in [6.07, 6.45) is 1.42. The molecule has 2 aliphatic rings. The molecular weight excluding hydrogens is 248 g/mol. The van der Waals surface area contributed by atoms with Crippen LogP contribution in [0.25, 0.3) is 0 Å². The second-order valence-corrected chi connectivity index (χ2v) is 5.33. The van der Waals surface area contributed by atoms with Crippen LogP contribution in [0.5, 0.6) is 0 Å². The Bertz CT molecular complexity index is 342. The lowest BCUT2D eigenvalue weighted by atomic mass is 9.99. The van der Waals surface area contributed by atoms with Crippen molar-refractivity contribution in [1.82, 2.24) is 20.2 Å². The van der Waals surface area contributed by atoms with Gasteiger partial charge in [0.2, 0.25) is 0 Å². The molecule has 2 heterocycles. The van der Waals surface area contributed by atoms with E-state index in [0.717, 1.165) is 32.6 Å². The smallest absolute Gasteiger partial charge is 0.331 e. The summed E-state index contributed by atoms with van der Waals surface area (Å²) in [7, 11) is 2.06. The summed E-state index contributed by atoms with van der Waals surface area (Å²) in [5.74, 6) is -1.23. The molecule has 19 heavy (non-hydrogen) atoms. The molecule has 7 nitrogen and oxygen atoms in total. The van der Waals surface area contributed by atoms with Crippen LogP contribution in [-0.2, 0) is 4.79 Å². The molecule has 0 unspecified atom stereocenters. The SMILES string of the molecule is CN1CCN(NC(=O)N2CCC[C@H](C(=O)O)C2)CC1. The Hall–Kier alpha value is -1.34. The van der Waals surface area contributed by atoms with Crippen LogP contribution in [0.2, 0.25) is 0 Å². The quantitative estimate of drug-likeness (QED) is 0.717. The number of piperazine rings is 1. The van der Waals surface area contributed by atoms with Gasteiger partial charge in [0.05, 0.1) is 5.92 Å². The number of rotatable bonds is 2. The number of nitrogens with zero attached hydrogens (tertiary/aromatic N) is 3. The van der Waals surface area contributed by atoms with Crippen LogP contribution in [-0.4, -0.2) is 78.2 Å². The van der Waals surface area contributed by atoms with E-state index in [4.69, 9.17) is 5.11 Å². The van der Waals surface area contributed by atoms with Gasteiger partial charge >= 0.3 is 12.0 Å². The topological polar surface area (TPSA) is 76.1 Å². The lowest BCUT2D eigenvalue weighted by Gasteiger charge is -2.36. The van der Waals surface area contributed by atoms with Gasteiger partial charge in [-0.1, -0.05) is 0 Å². The van der Waals surface area contributed by atoms with Gasteiger partial charge < -0.3 is 14.9 Å². The van der Waals surface area contributed by atoms with Crippen LogP contribution in [0.3, 0.4) is 0 Å². The second kappa shape index (κ2) is 6.21. The van der Waals surface area contributed by atoms with E-state index in [0.29, 0.717) is 19.5 Å². The van der Waals surface area contributed by atoms with Crippen LogP contribution in [0.15, 0.2) is 0 Å². The van der Waals surface area contributed by atoms with Crippen molar-refractivity contribution < 1.29 is 14.7 Å². The third kappa shape index (κ3) is 3.81. The number of piperidine rings is 1. The van der Waals surface area contributed by atoms with Crippen LogP contribution in [0.4, 0.5) is 4.79 Å². The van der Waals surface area contributed by atoms with Gasteiger partial charge in [0, 0.05) is 39.3 Å². The van der Waals surface area contributed by atoms with Crippen LogP contribution in [0.1, 0.15) is 12.8 Å². The predicted octanol–water partition coefficient (Wildman–Crippen LogP) is -0.345. The Labute approximate surface area is 113 Å². The lowest BCUT2D eigenvalue weighted by Crippen LogP contribution is -2.57.